The van der Waals surface area contributed by atoms with Gasteiger partial charge < -0.3 is 5.11 Å². The number of aryl methyl sites for hydroxylation is 1. The van der Waals surface area contributed by atoms with Gasteiger partial charge in [0.1, 0.15) is 5.69 Å². The topological polar surface area (TPSA) is 50.2 Å². The maximum atomic E-state index is 10.8. The second kappa shape index (κ2) is 4.31. The first-order valence-electron chi connectivity index (χ1n) is 5.33. The van der Waals surface area contributed by atoms with E-state index in [2.05, 4.69) is 18.0 Å². The first kappa shape index (κ1) is 10.6. The number of hydrogen-bond donors (Lipinski definition) is 1. The van der Waals surface area contributed by atoms with Gasteiger partial charge in [-0.3, -0.25) is 0 Å². The van der Waals surface area contributed by atoms with Crippen molar-refractivity contribution in [2.75, 3.05) is 0 Å². The number of carboxylic acid groups (broad SMARTS) is 1. The number of nitrogens with zero attached hydrogens (tertiary/aromatic N) is 1. The minimum absolute atomic E-state index is 0.0933. The van der Waals surface area contributed by atoms with Crippen molar-refractivity contribution in [2.45, 2.75) is 19.8 Å². The number of carboxylic acids is 1. The molecule has 2 rings (SSSR count). The second-order valence-corrected chi connectivity index (χ2v) is 3.78. The molecule has 1 N–H and O–H groups in total. The van der Waals surface area contributed by atoms with Crippen molar-refractivity contribution in [3.8, 4) is 0 Å². The van der Waals surface area contributed by atoms with Crippen LogP contribution in [0.2, 0.25) is 0 Å². The normalized spacial score (nSPS) is 10.6. The van der Waals surface area contributed by atoms with Crippen molar-refractivity contribution in [3.05, 3.63) is 41.6 Å². The molecule has 0 unspecified atom stereocenters. The Morgan fingerprint density at radius 2 is 2.12 bits per heavy atom. The van der Waals surface area contributed by atoms with Crippen molar-refractivity contribution in [1.29, 1.82) is 0 Å². The minimum Gasteiger partial charge on any atom is -0.477 e. The van der Waals surface area contributed by atoms with Crippen LogP contribution in [0.5, 0.6) is 0 Å². The summed E-state index contributed by atoms with van der Waals surface area (Å²) < 4.78 is 0. The molecule has 0 aliphatic rings. The molecule has 0 aliphatic heterocycles. The van der Waals surface area contributed by atoms with Gasteiger partial charge in [0.05, 0.1) is 5.52 Å². The molecule has 16 heavy (non-hydrogen) atoms. The van der Waals surface area contributed by atoms with Crippen LogP contribution in [0.3, 0.4) is 0 Å². The molecule has 1 aromatic heterocycles. The van der Waals surface area contributed by atoms with Crippen LogP contribution in [-0.2, 0) is 6.42 Å². The maximum absolute atomic E-state index is 10.8. The van der Waals surface area contributed by atoms with E-state index in [1.165, 1.54) is 5.56 Å². The highest BCUT2D eigenvalue weighted by Crippen LogP contribution is 2.16. The van der Waals surface area contributed by atoms with Crippen molar-refractivity contribution in [1.82, 2.24) is 4.98 Å². The van der Waals surface area contributed by atoms with Crippen LogP contribution in [-0.4, -0.2) is 16.1 Å². The molecular formula is C13H13NO2. The molecule has 0 amide bonds. The number of aromatic carboxylic acids is 1. The summed E-state index contributed by atoms with van der Waals surface area (Å²) in [7, 11) is 0. The first-order valence-corrected chi connectivity index (χ1v) is 5.33. The summed E-state index contributed by atoms with van der Waals surface area (Å²) in [5.41, 5.74) is 2.09. The fourth-order valence-electron chi connectivity index (χ4n) is 1.74. The van der Waals surface area contributed by atoms with Crippen LogP contribution in [0, 0.1) is 0 Å². The van der Waals surface area contributed by atoms with Gasteiger partial charge in [0, 0.05) is 5.39 Å². The summed E-state index contributed by atoms with van der Waals surface area (Å²) >= 11 is 0. The standard InChI is InChI=1S/C13H13NO2/c1-2-3-9-4-6-11-10(8-9)5-7-12(14-11)13(15)16/h4-8H,2-3H2,1H3,(H,15,16). The van der Waals surface area contributed by atoms with Gasteiger partial charge in [-0.05, 0) is 30.2 Å². The second-order valence-electron chi connectivity index (χ2n) is 3.78. The number of aromatic nitrogens is 1. The lowest BCUT2D eigenvalue weighted by Crippen LogP contribution is -1.99. The lowest BCUT2D eigenvalue weighted by atomic mass is 10.1. The molecule has 3 nitrogen and oxygen atoms in total. The monoisotopic (exact) mass is 215 g/mol. The third kappa shape index (κ3) is 2.03. The summed E-state index contributed by atoms with van der Waals surface area (Å²) in [6, 6.07) is 9.31. The molecule has 3 heteroatoms. The van der Waals surface area contributed by atoms with E-state index in [9.17, 15) is 4.79 Å². The van der Waals surface area contributed by atoms with E-state index < -0.39 is 5.97 Å². The highest BCUT2D eigenvalue weighted by atomic mass is 16.4. The Kier molecular flexibility index (Phi) is 2.86. The average molecular weight is 215 g/mol. The van der Waals surface area contributed by atoms with E-state index >= 15 is 0 Å². The first-order chi connectivity index (χ1) is 7.70. The molecule has 0 atom stereocenters. The van der Waals surface area contributed by atoms with Crippen LogP contribution in [0.1, 0.15) is 29.4 Å². The van der Waals surface area contributed by atoms with E-state index in [0.29, 0.717) is 0 Å². The molecular weight excluding hydrogens is 202 g/mol. The SMILES string of the molecule is CCCc1ccc2nc(C(=O)O)ccc2c1. The zero-order valence-electron chi connectivity index (χ0n) is 9.10. The van der Waals surface area contributed by atoms with E-state index in [1.54, 1.807) is 6.07 Å². The molecule has 2 aromatic rings. The number of pyridine rings is 1. The molecule has 0 saturated carbocycles. The van der Waals surface area contributed by atoms with E-state index in [4.69, 9.17) is 5.11 Å². The molecule has 0 fully saturated rings. The lowest BCUT2D eigenvalue weighted by molar-refractivity contribution is 0.0691. The molecule has 82 valence electrons. The van der Waals surface area contributed by atoms with Gasteiger partial charge in [-0.15, -0.1) is 0 Å². The van der Waals surface area contributed by atoms with Crippen LogP contribution in [0.15, 0.2) is 30.3 Å². The van der Waals surface area contributed by atoms with Gasteiger partial charge >= 0.3 is 5.97 Å². The fourth-order valence-corrected chi connectivity index (χ4v) is 1.74. The minimum atomic E-state index is -0.987. The van der Waals surface area contributed by atoms with Crippen LogP contribution < -0.4 is 0 Å². The predicted octanol–water partition coefficient (Wildman–Crippen LogP) is 2.89. The molecule has 1 aromatic carbocycles. The Labute approximate surface area is 93.7 Å². The van der Waals surface area contributed by atoms with E-state index in [1.807, 2.05) is 18.2 Å². The zero-order valence-corrected chi connectivity index (χ0v) is 9.10. The Balaban J connectivity index is 2.48. The summed E-state index contributed by atoms with van der Waals surface area (Å²) in [5, 5.41) is 9.82. The fraction of sp³-hybridized carbons (Fsp3) is 0.231. The van der Waals surface area contributed by atoms with Gasteiger partial charge in [0.15, 0.2) is 0 Å². The average Bonchev–Trinajstić information content (AvgIpc) is 2.28. The number of carbonyl (C=O) groups is 1. The van der Waals surface area contributed by atoms with E-state index in [0.717, 1.165) is 23.7 Å². The molecule has 0 spiro atoms. The van der Waals surface area contributed by atoms with Crippen molar-refractivity contribution in [3.63, 3.8) is 0 Å². The molecule has 0 bridgehead atoms. The maximum Gasteiger partial charge on any atom is 0.354 e. The van der Waals surface area contributed by atoms with Crippen LogP contribution >= 0.6 is 0 Å². The number of benzene rings is 1. The molecule has 0 saturated heterocycles. The highest BCUT2D eigenvalue weighted by molar-refractivity contribution is 5.89. The molecule has 0 aliphatic carbocycles. The summed E-state index contributed by atoms with van der Waals surface area (Å²) in [5.74, 6) is -0.987. The summed E-state index contributed by atoms with van der Waals surface area (Å²) in [4.78, 5) is 14.8. The Hall–Kier alpha value is -1.90. The van der Waals surface area contributed by atoms with Crippen LogP contribution in [0.4, 0.5) is 0 Å². The van der Waals surface area contributed by atoms with Gasteiger partial charge in [-0.2, -0.15) is 0 Å². The third-order valence-corrected chi connectivity index (χ3v) is 2.51. The van der Waals surface area contributed by atoms with Crippen molar-refractivity contribution >= 4 is 16.9 Å². The van der Waals surface area contributed by atoms with Gasteiger partial charge in [-0.1, -0.05) is 25.5 Å². The van der Waals surface area contributed by atoms with Crippen molar-refractivity contribution in [2.24, 2.45) is 0 Å². The molecule has 0 radical (unpaired) electrons. The number of fused-ring (bicyclic) bond motifs is 1. The predicted molar refractivity (Wildman–Crippen MR) is 62.7 cm³/mol. The largest absolute Gasteiger partial charge is 0.477 e. The van der Waals surface area contributed by atoms with Gasteiger partial charge in [0.2, 0.25) is 0 Å². The Bertz CT molecular complexity index is 534. The Morgan fingerprint density at radius 3 is 2.81 bits per heavy atom. The smallest absolute Gasteiger partial charge is 0.354 e. The number of rotatable bonds is 3. The lowest BCUT2D eigenvalue weighted by Gasteiger charge is -2.02. The van der Waals surface area contributed by atoms with Crippen molar-refractivity contribution < 1.29 is 9.90 Å². The quantitative estimate of drug-likeness (QED) is 0.856. The van der Waals surface area contributed by atoms with Gasteiger partial charge in [-0.25, -0.2) is 9.78 Å². The number of hydrogen-bond acceptors (Lipinski definition) is 2. The van der Waals surface area contributed by atoms with Gasteiger partial charge in [0.25, 0.3) is 0 Å². The van der Waals surface area contributed by atoms with Crippen LogP contribution in [0.25, 0.3) is 10.9 Å². The van der Waals surface area contributed by atoms with E-state index in [-0.39, 0.29) is 5.69 Å². The molecule has 1 heterocycles. The third-order valence-electron chi connectivity index (χ3n) is 2.51. The highest BCUT2D eigenvalue weighted by Gasteiger charge is 2.05. The summed E-state index contributed by atoms with van der Waals surface area (Å²) in [6.07, 6.45) is 2.14. The Morgan fingerprint density at radius 1 is 1.31 bits per heavy atom. The summed E-state index contributed by atoms with van der Waals surface area (Å²) in [6.45, 7) is 2.13. The zero-order chi connectivity index (χ0) is 11.5.